The van der Waals surface area contributed by atoms with Crippen LogP contribution in [0.3, 0.4) is 0 Å². The molecule has 0 aliphatic heterocycles. The molecule has 0 aromatic heterocycles. The third-order valence-corrected chi connectivity index (χ3v) is 7.90. The number of rotatable bonds is 3. The highest BCUT2D eigenvalue weighted by Crippen LogP contribution is 2.32. The Hall–Kier alpha value is -1.31. The predicted octanol–water partition coefficient (Wildman–Crippen LogP) is 2.16. The highest BCUT2D eigenvalue weighted by Gasteiger charge is 2.31. The van der Waals surface area contributed by atoms with Crippen molar-refractivity contribution < 1.29 is 16.8 Å². The molecule has 0 aliphatic carbocycles. The summed E-state index contributed by atoms with van der Waals surface area (Å²) >= 11 is 0. The number of anilines is 1. The van der Waals surface area contributed by atoms with Crippen molar-refractivity contribution in [3.63, 3.8) is 0 Å². The Kier molecular flexibility index (Phi) is 3.70. The second-order valence-corrected chi connectivity index (χ2v) is 10.9. The molecule has 0 saturated heterocycles. The molecule has 0 radical (unpaired) electrons. The maximum absolute atomic E-state index is 12.0. The molecule has 0 fully saturated rings. The van der Waals surface area contributed by atoms with Gasteiger partial charge in [0.2, 0.25) is 0 Å². The van der Waals surface area contributed by atoms with E-state index in [9.17, 15) is 16.8 Å². The van der Waals surface area contributed by atoms with Crippen LogP contribution in [0, 0.1) is 0 Å². The van der Waals surface area contributed by atoms with E-state index in [4.69, 9.17) is 10.7 Å². The summed E-state index contributed by atoms with van der Waals surface area (Å²) in [5.74, 6) is 0. The Bertz CT molecular complexity index is 873. The number of hydrogen-bond acceptors (Lipinski definition) is 5. The number of halogens is 1. The van der Waals surface area contributed by atoms with Crippen LogP contribution < -0.4 is 4.90 Å². The second kappa shape index (κ2) is 4.91. The molecule has 0 atom stereocenters. The van der Waals surface area contributed by atoms with Crippen LogP contribution in [0.1, 0.15) is 0 Å². The van der Waals surface area contributed by atoms with Crippen LogP contribution in [0.25, 0.3) is 10.8 Å². The topological polar surface area (TPSA) is 71.5 Å². The maximum atomic E-state index is 12.0. The monoisotopic (exact) mass is 333 g/mol. The van der Waals surface area contributed by atoms with Gasteiger partial charge in [-0.05, 0) is 12.1 Å². The molecule has 108 valence electrons. The fourth-order valence-corrected chi connectivity index (χ4v) is 4.58. The van der Waals surface area contributed by atoms with Crippen molar-refractivity contribution in [2.45, 2.75) is 4.90 Å². The largest absolute Gasteiger partial charge is 0.377 e. The van der Waals surface area contributed by atoms with Gasteiger partial charge in [0.15, 0.2) is 0 Å². The van der Waals surface area contributed by atoms with Gasteiger partial charge < -0.3 is 4.90 Å². The number of nitrogens with zero attached hydrogens (tertiary/aromatic N) is 1. The summed E-state index contributed by atoms with van der Waals surface area (Å²) in [7, 11) is -0.712. The fraction of sp³-hybridized carbons (Fsp3) is 0.167. The van der Waals surface area contributed by atoms with Crippen molar-refractivity contribution in [3.05, 3.63) is 36.4 Å². The molecule has 0 unspecified atom stereocenters. The van der Waals surface area contributed by atoms with Crippen LogP contribution >= 0.6 is 10.7 Å². The van der Waals surface area contributed by atoms with Crippen LogP contribution in [0.5, 0.6) is 0 Å². The van der Waals surface area contributed by atoms with Crippen molar-refractivity contribution in [2.75, 3.05) is 19.0 Å². The lowest BCUT2D eigenvalue weighted by molar-refractivity contribution is 0.590. The van der Waals surface area contributed by atoms with E-state index in [2.05, 4.69) is 0 Å². The van der Waals surface area contributed by atoms with Crippen molar-refractivity contribution in [2.24, 2.45) is 0 Å². The molecule has 2 aromatic rings. The summed E-state index contributed by atoms with van der Waals surface area (Å²) in [4.78, 5) is 1.50. The van der Waals surface area contributed by atoms with Crippen LogP contribution in [0.2, 0.25) is 0 Å². The Labute approximate surface area is 121 Å². The zero-order valence-corrected chi connectivity index (χ0v) is 13.1. The van der Waals surface area contributed by atoms with Gasteiger partial charge in [-0.3, -0.25) is 0 Å². The number of hydrogen-bond donors (Lipinski definition) is 0. The van der Waals surface area contributed by atoms with Gasteiger partial charge in [-0.2, -0.15) is 8.42 Å². The first-order valence-corrected chi connectivity index (χ1v) is 9.86. The molecule has 0 spiro atoms. The molecule has 0 aliphatic rings. The highest BCUT2D eigenvalue weighted by molar-refractivity contribution is 8.75. The molecule has 0 N–H and O–H groups in total. The van der Waals surface area contributed by atoms with Gasteiger partial charge in [0.1, 0.15) is 0 Å². The predicted molar refractivity (Wildman–Crippen MR) is 80.2 cm³/mol. The lowest BCUT2D eigenvalue weighted by atomic mass is 10.1. The molecular weight excluding hydrogens is 322 g/mol. The molecule has 0 heterocycles. The minimum Gasteiger partial charge on any atom is -0.377 e. The van der Waals surface area contributed by atoms with Gasteiger partial charge in [-0.1, -0.05) is 24.3 Å². The fourth-order valence-electron chi connectivity index (χ4n) is 1.98. The van der Waals surface area contributed by atoms with Gasteiger partial charge in [-0.25, -0.2) is 8.42 Å². The first kappa shape index (κ1) is 15.1. The van der Waals surface area contributed by atoms with Gasteiger partial charge in [-0.15, -0.1) is 0 Å². The molecule has 2 aromatic carbocycles. The lowest BCUT2D eigenvalue weighted by Gasteiger charge is -2.16. The van der Waals surface area contributed by atoms with E-state index in [-0.39, 0.29) is 4.90 Å². The summed E-state index contributed by atoms with van der Waals surface area (Å²) in [5.41, 5.74) is 0.784. The Morgan fingerprint density at radius 1 is 0.900 bits per heavy atom. The molecule has 5 nitrogen and oxygen atoms in total. The summed E-state index contributed by atoms with van der Waals surface area (Å²) < 4.78 is 46.6. The standard InChI is InChI=1S/C12H12ClNO4S2/c1-14(2)11-7-3-6-10-9(11)5-4-8-12(10)19(15,16)20(13,17)18/h3-8H,1-2H3. The molecule has 0 bridgehead atoms. The molecule has 20 heavy (non-hydrogen) atoms. The minimum atomic E-state index is -4.75. The summed E-state index contributed by atoms with van der Waals surface area (Å²) in [6.07, 6.45) is 0. The lowest BCUT2D eigenvalue weighted by Crippen LogP contribution is -2.12. The van der Waals surface area contributed by atoms with E-state index in [1.54, 1.807) is 18.2 Å². The second-order valence-electron chi connectivity index (χ2n) is 4.37. The van der Waals surface area contributed by atoms with Crippen molar-refractivity contribution in [1.82, 2.24) is 0 Å². The van der Waals surface area contributed by atoms with Crippen LogP contribution in [0.15, 0.2) is 41.3 Å². The molecular formula is C12H12ClNO4S2. The van der Waals surface area contributed by atoms with E-state index < -0.39 is 17.0 Å². The van der Waals surface area contributed by atoms with E-state index in [1.807, 2.05) is 25.1 Å². The number of fused-ring (bicyclic) bond motifs is 1. The number of benzene rings is 2. The van der Waals surface area contributed by atoms with Gasteiger partial charge in [0, 0.05) is 41.2 Å². The van der Waals surface area contributed by atoms with Crippen LogP contribution in [-0.4, -0.2) is 30.9 Å². The van der Waals surface area contributed by atoms with Crippen molar-refractivity contribution in [1.29, 1.82) is 0 Å². The summed E-state index contributed by atoms with van der Waals surface area (Å²) in [5, 5.41) is 0.960. The zero-order valence-electron chi connectivity index (χ0n) is 10.7. The Balaban J connectivity index is 2.92. The van der Waals surface area contributed by atoms with Crippen LogP contribution in [0.4, 0.5) is 5.69 Å². The molecule has 2 rings (SSSR count). The maximum Gasteiger partial charge on any atom is 0.342 e. The summed E-state index contributed by atoms with van der Waals surface area (Å²) in [6, 6.07) is 9.48. The third-order valence-electron chi connectivity index (χ3n) is 2.87. The first-order valence-electron chi connectivity index (χ1n) is 5.55. The normalized spacial score (nSPS) is 12.6. The molecule has 8 heteroatoms. The molecule has 0 saturated carbocycles. The van der Waals surface area contributed by atoms with Gasteiger partial charge >= 0.3 is 8.08 Å². The average Bonchev–Trinajstić information content (AvgIpc) is 2.35. The quantitative estimate of drug-likeness (QED) is 0.636. The van der Waals surface area contributed by atoms with E-state index in [0.717, 1.165) is 5.69 Å². The van der Waals surface area contributed by atoms with Crippen molar-refractivity contribution in [3.8, 4) is 0 Å². The first-order chi connectivity index (χ1) is 9.16. The van der Waals surface area contributed by atoms with Crippen LogP contribution in [-0.2, 0) is 17.0 Å². The smallest absolute Gasteiger partial charge is 0.342 e. The SMILES string of the molecule is CN(C)c1cccc2c(S(=O)(=O)S(=O)(=O)Cl)cccc12. The van der Waals surface area contributed by atoms with E-state index >= 15 is 0 Å². The van der Waals surface area contributed by atoms with E-state index in [0.29, 0.717) is 10.8 Å². The third kappa shape index (κ3) is 2.36. The van der Waals surface area contributed by atoms with E-state index in [1.165, 1.54) is 12.1 Å². The van der Waals surface area contributed by atoms with Crippen molar-refractivity contribution >= 4 is 44.1 Å². The Morgan fingerprint density at radius 2 is 1.45 bits per heavy atom. The summed E-state index contributed by atoms with van der Waals surface area (Å²) in [6.45, 7) is 0. The average molecular weight is 334 g/mol. The van der Waals surface area contributed by atoms with Gasteiger partial charge in [0.25, 0.3) is 8.87 Å². The molecule has 0 amide bonds. The minimum absolute atomic E-state index is 0.311. The van der Waals surface area contributed by atoms with Gasteiger partial charge in [0.05, 0.1) is 4.90 Å². The zero-order chi connectivity index (χ0) is 15.1. The highest BCUT2D eigenvalue weighted by atomic mass is 35.8. The Morgan fingerprint density at radius 3 is 2.00 bits per heavy atom.